The molecular formula is C8H7ClF3NO2S. The topological polar surface area (TPSA) is 47.0 Å². The monoisotopic (exact) mass is 273 g/mol. The van der Waals surface area contributed by atoms with Crippen molar-refractivity contribution in [1.82, 2.24) is 4.98 Å². The molecule has 1 heterocycles. The molecule has 0 saturated carbocycles. The first-order chi connectivity index (χ1) is 7.27. The fourth-order valence-electron chi connectivity index (χ4n) is 0.938. The van der Waals surface area contributed by atoms with E-state index in [2.05, 4.69) is 4.98 Å². The molecule has 0 fully saturated rings. The Bertz CT molecular complexity index is 455. The normalized spacial score (nSPS) is 12.8. The van der Waals surface area contributed by atoms with Crippen LogP contribution in [-0.4, -0.2) is 25.0 Å². The predicted octanol–water partition coefficient (Wildman–Crippen LogP) is 2.11. The number of nitrogens with zero attached hydrogens (tertiary/aromatic N) is 1. The quantitative estimate of drug-likeness (QED) is 0.793. The van der Waals surface area contributed by atoms with E-state index in [9.17, 15) is 21.6 Å². The summed E-state index contributed by atoms with van der Waals surface area (Å²) in [5.74, 6) is -0.488. The first-order valence-corrected chi connectivity index (χ1v) is 6.28. The van der Waals surface area contributed by atoms with Gasteiger partial charge >= 0.3 is 6.18 Å². The zero-order chi connectivity index (χ0) is 12.4. The standard InChI is InChI=1S/C8H7ClF3NO2S/c9-3-4-16(14,15)7-2-1-6(5-13-7)8(10,11)12/h1-2,5H,3-4H2. The second-order valence-electron chi connectivity index (χ2n) is 2.89. The average Bonchev–Trinajstić information content (AvgIpc) is 2.16. The van der Waals surface area contributed by atoms with Gasteiger partial charge in [-0.2, -0.15) is 13.2 Å². The maximum atomic E-state index is 12.2. The van der Waals surface area contributed by atoms with Crippen LogP contribution in [0.25, 0.3) is 0 Å². The van der Waals surface area contributed by atoms with E-state index < -0.39 is 26.6 Å². The average molecular weight is 274 g/mol. The van der Waals surface area contributed by atoms with Crippen molar-refractivity contribution >= 4 is 21.4 Å². The molecule has 90 valence electrons. The van der Waals surface area contributed by atoms with Crippen molar-refractivity contribution in [3.63, 3.8) is 0 Å². The Morgan fingerprint density at radius 3 is 2.31 bits per heavy atom. The van der Waals surface area contributed by atoms with E-state index in [-0.39, 0.29) is 11.6 Å². The van der Waals surface area contributed by atoms with Gasteiger partial charge in [-0.3, -0.25) is 0 Å². The molecule has 8 heteroatoms. The molecule has 3 nitrogen and oxygen atoms in total. The zero-order valence-corrected chi connectivity index (χ0v) is 9.40. The van der Waals surface area contributed by atoms with Crippen LogP contribution in [0.1, 0.15) is 5.56 Å². The van der Waals surface area contributed by atoms with Gasteiger partial charge in [0.15, 0.2) is 14.9 Å². The second kappa shape index (κ2) is 4.58. The summed E-state index contributed by atoms with van der Waals surface area (Å²) < 4.78 is 59.2. The van der Waals surface area contributed by atoms with E-state index in [1.807, 2.05) is 0 Å². The molecule has 0 amide bonds. The molecule has 0 unspecified atom stereocenters. The summed E-state index contributed by atoms with van der Waals surface area (Å²) in [6.07, 6.45) is -4.04. The van der Waals surface area contributed by atoms with Gasteiger partial charge in [-0.15, -0.1) is 11.6 Å². The number of aromatic nitrogens is 1. The number of rotatable bonds is 3. The molecule has 0 aliphatic rings. The van der Waals surface area contributed by atoms with Crippen molar-refractivity contribution in [2.24, 2.45) is 0 Å². The van der Waals surface area contributed by atoms with E-state index in [4.69, 9.17) is 11.6 Å². The third-order valence-electron chi connectivity index (χ3n) is 1.73. The largest absolute Gasteiger partial charge is 0.417 e. The molecular weight excluding hydrogens is 267 g/mol. The fourth-order valence-corrected chi connectivity index (χ4v) is 2.45. The van der Waals surface area contributed by atoms with E-state index in [0.29, 0.717) is 12.3 Å². The van der Waals surface area contributed by atoms with Crippen LogP contribution < -0.4 is 0 Å². The molecule has 16 heavy (non-hydrogen) atoms. The number of sulfone groups is 1. The molecule has 0 radical (unpaired) electrons. The van der Waals surface area contributed by atoms with Gasteiger partial charge in [0.25, 0.3) is 0 Å². The maximum Gasteiger partial charge on any atom is 0.417 e. The minimum Gasteiger partial charge on any atom is -0.244 e. The highest BCUT2D eigenvalue weighted by atomic mass is 35.5. The molecule has 0 atom stereocenters. The number of halogens is 4. The van der Waals surface area contributed by atoms with Crippen molar-refractivity contribution in [1.29, 1.82) is 0 Å². The Hall–Kier alpha value is -0.820. The number of alkyl halides is 4. The van der Waals surface area contributed by atoms with E-state index in [0.717, 1.165) is 6.07 Å². The molecule has 0 N–H and O–H groups in total. The van der Waals surface area contributed by atoms with Crippen molar-refractivity contribution < 1.29 is 21.6 Å². The summed E-state index contributed by atoms with van der Waals surface area (Å²) >= 11 is 5.25. The van der Waals surface area contributed by atoms with Gasteiger partial charge in [-0.25, -0.2) is 13.4 Å². The van der Waals surface area contributed by atoms with Gasteiger partial charge in [0.2, 0.25) is 0 Å². The Labute approximate surface area is 95.2 Å². The summed E-state index contributed by atoms with van der Waals surface area (Å²) in [5.41, 5.74) is -0.989. The Morgan fingerprint density at radius 2 is 1.94 bits per heavy atom. The van der Waals surface area contributed by atoms with Gasteiger partial charge in [-0.1, -0.05) is 0 Å². The van der Waals surface area contributed by atoms with Gasteiger partial charge in [-0.05, 0) is 12.1 Å². The second-order valence-corrected chi connectivity index (χ2v) is 5.32. The molecule has 1 aromatic rings. The van der Waals surface area contributed by atoms with Crippen LogP contribution in [0.4, 0.5) is 13.2 Å². The van der Waals surface area contributed by atoms with Crippen molar-refractivity contribution in [2.75, 3.05) is 11.6 Å². The summed E-state index contributed by atoms with van der Waals surface area (Å²) in [6.45, 7) is 0. The predicted molar refractivity (Wildman–Crippen MR) is 52.0 cm³/mol. The Morgan fingerprint density at radius 1 is 1.31 bits per heavy atom. The van der Waals surface area contributed by atoms with Crippen LogP contribution in [0.5, 0.6) is 0 Å². The highest BCUT2D eigenvalue weighted by molar-refractivity contribution is 7.91. The van der Waals surface area contributed by atoms with Crippen molar-refractivity contribution in [3.8, 4) is 0 Å². The van der Waals surface area contributed by atoms with E-state index >= 15 is 0 Å². The lowest BCUT2D eigenvalue weighted by atomic mass is 10.3. The smallest absolute Gasteiger partial charge is 0.244 e. The van der Waals surface area contributed by atoms with Crippen LogP contribution in [0.3, 0.4) is 0 Å². The molecule has 0 saturated heterocycles. The Balaban J connectivity index is 3.05. The summed E-state index contributed by atoms with van der Waals surface area (Å²) in [7, 11) is -3.68. The molecule has 0 bridgehead atoms. The maximum absolute atomic E-state index is 12.2. The number of pyridine rings is 1. The number of hydrogen-bond acceptors (Lipinski definition) is 3. The molecule has 0 spiro atoms. The fraction of sp³-hybridized carbons (Fsp3) is 0.375. The summed E-state index contributed by atoms with van der Waals surface area (Å²) in [4.78, 5) is 3.27. The first-order valence-electron chi connectivity index (χ1n) is 4.09. The molecule has 0 aromatic carbocycles. The van der Waals surface area contributed by atoms with E-state index in [1.54, 1.807) is 0 Å². The molecule has 0 aliphatic heterocycles. The minimum absolute atomic E-state index is 0.134. The third kappa shape index (κ3) is 3.08. The molecule has 0 aliphatic carbocycles. The molecule has 1 aromatic heterocycles. The third-order valence-corrected chi connectivity index (χ3v) is 3.76. The molecule has 1 rings (SSSR count). The van der Waals surface area contributed by atoms with Crippen molar-refractivity contribution in [3.05, 3.63) is 23.9 Å². The van der Waals surface area contributed by atoms with Crippen LogP contribution in [0, 0.1) is 0 Å². The Kier molecular flexibility index (Phi) is 3.80. The summed E-state index contributed by atoms with van der Waals surface area (Å²) in [6, 6.07) is 1.50. The van der Waals surface area contributed by atoms with Crippen LogP contribution in [0.2, 0.25) is 0 Å². The van der Waals surface area contributed by atoms with E-state index in [1.165, 1.54) is 0 Å². The van der Waals surface area contributed by atoms with Crippen LogP contribution in [-0.2, 0) is 16.0 Å². The van der Waals surface area contributed by atoms with Crippen molar-refractivity contribution in [2.45, 2.75) is 11.2 Å². The highest BCUT2D eigenvalue weighted by Crippen LogP contribution is 2.28. The zero-order valence-electron chi connectivity index (χ0n) is 7.83. The SMILES string of the molecule is O=S(=O)(CCCl)c1ccc(C(F)(F)F)cn1. The lowest BCUT2D eigenvalue weighted by molar-refractivity contribution is -0.137. The highest BCUT2D eigenvalue weighted by Gasteiger charge is 2.31. The van der Waals surface area contributed by atoms with Crippen LogP contribution >= 0.6 is 11.6 Å². The number of hydrogen-bond donors (Lipinski definition) is 0. The van der Waals surface area contributed by atoms with Gasteiger partial charge in [0, 0.05) is 12.1 Å². The van der Waals surface area contributed by atoms with Gasteiger partial charge in [0.05, 0.1) is 11.3 Å². The summed E-state index contributed by atoms with van der Waals surface area (Å²) in [5, 5.41) is -0.402. The lowest BCUT2D eigenvalue weighted by Crippen LogP contribution is -2.11. The van der Waals surface area contributed by atoms with Crippen LogP contribution in [0.15, 0.2) is 23.4 Å². The first kappa shape index (κ1) is 13.2. The minimum atomic E-state index is -4.53. The lowest BCUT2D eigenvalue weighted by Gasteiger charge is -2.06. The van der Waals surface area contributed by atoms with Gasteiger partial charge < -0.3 is 0 Å². The van der Waals surface area contributed by atoms with Gasteiger partial charge in [0.1, 0.15) is 0 Å².